The lowest BCUT2D eigenvalue weighted by Gasteiger charge is -2.34. The molecule has 1 saturated carbocycles. The molecule has 2 N–H and O–H groups in total. The van der Waals surface area contributed by atoms with Crippen LogP contribution in [0.5, 0.6) is 11.5 Å². The van der Waals surface area contributed by atoms with Crippen LogP contribution < -0.4 is 0 Å². The van der Waals surface area contributed by atoms with E-state index >= 15 is 0 Å². The second-order valence-electron chi connectivity index (χ2n) is 6.22. The molecule has 4 heteroatoms. The molecular formula is C18H16O4. The third-order valence-corrected chi connectivity index (χ3v) is 5.09. The van der Waals surface area contributed by atoms with E-state index in [0.717, 1.165) is 12.8 Å². The number of carbonyl (C=O) groups excluding carboxylic acids is 2. The highest BCUT2D eigenvalue weighted by Crippen LogP contribution is 2.48. The number of Topliss-reactive ketones (excluding diaryl/α,β-unsaturated/α-hetero) is 2. The molecule has 2 aromatic carbocycles. The Labute approximate surface area is 127 Å². The number of phenols is 2. The molecule has 0 saturated heterocycles. The van der Waals surface area contributed by atoms with E-state index < -0.39 is 0 Å². The Morgan fingerprint density at radius 3 is 1.59 bits per heavy atom. The van der Waals surface area contributed by atoms with Gasteiger partial charge >= 0.3 is 0 Å². The van der Waals surface area contributed by atoms with E-state index in [2.05, 4.69) is 0 Å². The number of rotatable bonds is 0. The van der Waals surface area contributed by atoms with E-state index in [0.29, 0.717) is 23.6 Å². The van der Waals surface area contributed by atoms with Gasteiger partial charge in [-0.1, -0.05) is 37.1 Å². The second-order valence-corrected chi connectivity index (χ2v) is 6.22. The Bertz CT molecular complexity index is 753. The minimum absolute atomic E-state index is 0.0179. The van der Waals surface area contributed by atoms with Crippen molar-refractivity contribution < 1.29 is 19.8 Å². The summed E-state index contributed by atoms with van der Waals surface area (Å²) in [7, 11) is 0. The van der Waals surface area contributed by atoms with Crippen molar-refractivity contribution in [3.05, 3.63) is 35.4 Å². The van der Waals surface area contributed by atoms with Gasteiger partial charge < -0.3 is 10.2 Å². The third-order valence-electron chi connectivity index (χ3n) is 5.09. The summed E-state index contributed by atoms with van der Waals surface area (Å²) < 4.78 is 0. The van der Waals surface area contributed by atoms with Crippen LogP contribution >= 0.6 is 0 Å². The molecule has 0 aliphatic heterocycles. The maximum Gasteiger partial charge on any atom is 0.171 e. The molecule has 2 unspecified atom stereocenters. The number of phenolic OH excluding ortho intramolecular Hbond substituents is 2. The minimum atomic E-state index is -0.347. The number of aromatic hydroxyl groups is 2. The molecule has 2 aliphatic rings. The quantitative estimate of drug-likeness (QED) is 0.730. The molecule has 4 rings (SSSR count). The van der Waals surface area contributed by atoms with Crippen LogP contribution in [0.2, 0.25) is 0 Å². The molecule has 112 valence electrons. The summed E-state index contributed by atoms with van der Waals surface area (Å²) in [6.45, 7) is 0. The molecule has 0 bridgehead atoms. The number of fused-ring (bicyclic) bond motifs is 3. The summed E-state index contributed by atoms with van der Waals surface area (Å²) in [5.74, 6) is -1.44. The molecule has 2 aliphatic carbocycles. The van der Waals surface area contributed by atoms with Gasteiger partial charge in [0, 0.05) is 22.6 Å². The van der Waals surface area contributed by atoms with Crippen molar-refractivity contribution >= 4 is 22.3 Å². The Hall–Kier alpha value is -2.36. The second kappa shape index (κ2) is 4.57. The zero-order valence-corrected chi connectivity index (χ0v) is 12.0. The number of carbonyl (C=O) groups is 2. The number of hydrogen-bond acceptors (Lipinski definition) is 4. The van der Waals surface area contributed by atoms with Gasteiger partial charge in [0.2, 0.25) is 0 Å². The van der Waals surface area contributed by atoms with E-state index in [9.17, 15) is 19.8 Å². The van der Waals surface area contributed by atoms with Crippen molar-refractivity contribution in [1.29, 1.82) is 0 Å². The molecule has 4 nitrogen and oxygen atoms in total. The monoisotopic (exact) mass is 296 g/mol. The first-order valence-electron chi connectivity index (χ1n) is 7.66. The van der Waals surface area contributed by atoms with Gasteiger partial charge in [0.15, 0.2) is 11.6 Å². The van der Waals surface area contributed by atoms with Crippen LogP contribution in [0.1, 0.15) is 46.4 Å². The largest absolute Gasteiger partial charge is 0.507 e. The SMILES string of the molecule is O=C1c2c(c(O)c3ccccc3c2O)C(=O)C2CCCCC12. The first kappa shape index (κ1) is 13.3. The predicted molar refractivity (Wildman–Crippen MR) is 81.4 cm³/mol. The first-order valence-corrected chi connectivity index (χ1v) is 7.66. The highest BCUT2D eigenvalue weighted by atomic mass is 16.3. The van der Waals surface area contributed by atoms with Gasteiger partial charge in [0.25, 0.3) is 0 Å². The fourth-order valence-corrected chi connectivity index (χ4v) is 4.01. The summed E-state index contributed by atoms with van der Waals surface area (Å²) in [5.41, 5.74) is 0.0358. The zero-order valence-electron chi connectivity index (χ0n) is 12.0. The maximum atomic E-state index is 12.8. The molecule has 22 heavy (non-hydrogen) atoms. The van der Waals surface area contributed by atoms with E-state index in [1.165, 1.54) is 0 Å². The molecule has 2 aromatic rings. The van der Waals surface area contributed by atoms with E-state index in [-0.39, 0.29) is 46.0 Å². The summed E-state index contributed by atoms with van der Waals surface area (Å²) >= 11 is 0. The van der Waals surface area contributed by atoms with Crippen LogP contribution in [0, 0.1) is 11.8 Å². The van der Waals surface area contributed by atoms with Crippen molar-refractivity contribution in [2.45, 2.75) is 25.7 Å². The van der Waals surface area contributed by atoms with Crippen molar-refractivity contribution in [1.82, 2.24) is 0 Å². The first-order chi connectivity index (χ1) is 10.6. The average molecular weight is 296 g/mol. The smallest absolute Gasteiger partial charge is 0.171 e. The zero-order chi connectivity index (χ0) is 15.4. The lowest BCUT2D eigenvalue weighted by Crippen LogP contribution is -2.38. The summed E-state index contributed by atoms with van der Waals surface area (Å²) in [6, 6.07) is 6.75. The van der Waals surface area contributed by atoms with Gasteiger partial charge in [-0.25, -0.2) is 0 Å². The highest BCUT2D eigenvalue weighted by Gasteiger charge is 2.45. The Morgan fingerprint density at radius 1 is 0.773 bits per heavy atom. The van der Waals surface area contributed by atoms with Crippen LogP contribution in [0.3, 0.4) is 0 Å². The Morgan fingerprint density at radius 2 is 1.18 bits per heavy atom. The van der Waals surface area contributed by atoms with Gasteiger partial charge in [-0.3, -0.25) is 9.59 Å². The van der Waals surface area contributed by atoms with Crippen molar-refractivity contribution in [2.75, 3.05) is 0 Å². The topological polar surface area (TPSA) is 74.6 Å². The minimum Gasteiger partial charge on any atom is -0.507 e. The normalized spacial score (nSPS) is 24.2. The molecule has 0 amide bonds. The van der Waals surface area contributed by atoms with Gasteiger partial charge in [0.1, 0.15) is 11.5 Å². The van der Waals surface area contributed by atoms with E-state index in [1.807, 2.05) is 0 Å². The molecule has 1 fully saturated rings. The van der Waals surface area contributed by atoms with Crippen LogP contribution in [0.4, 0.5) is 0 Å². The van der Waals surface area contributed by atoms with Crippen LogP contribution in [-0.4, -0.2) is 21.8 Å². The summed E-state index contributed by atoms with van der Waals surface area (Å²) in [5, 5.41) is 21.9. The molecule has 0 radical (unpaired) electrons. The average Bonchev–Trinajstić information content (AvgIpc) is 2.56. The molecule has 0 heterocycles. The Kier molecular flexibility index (Phi) is 2.76. The van der Waals surface area contributed by atoms with E-state index in [1.54, 1.807) is 24.3 Å². The molecule has 0 aromatic heterocycles. The number of hydrogen-bond donors (Lipinski definition) is 2. The Balaban J connectivity index is 2.07. The fraction of sp³-hybridized carbons (Fsp3) is 0.333. The lowest BCUT2D eigenvalue weighted by atomic mass is 9.66. The van der Waals surface area contributed by atoms with Crippen molar-refractivity contribution in [2.24, 2.45) is 11.8 Å². The lowest BCUT2D eigenvalue weighted by molar-refractivity contribution is 0.0671. The summed E-state index contributed by atoms with van der Waals surface area (Å²) in [6.07, 6.45) is 3.22. The molecule has 0 spiro atoms. The van der Waals surface area contributed by atoms with Crippen molar-refractivity contribution in [3.63, 3.8) is 0 Å². The predicted octanol–water partition coefficient (Wildman–Crippen LogP) is 3.44. The standard InChI is InChI=1S/C18H16O4/c19-15-9-5-1-2-6-10(9)16(20)14-13(15)17(21)11-7-3-4-8-12(11)18(14)22/h1-2,5-6,11-12,19-20H,3-4,7-8H2. The number of ketones is 2. The third kappa shape index (κ3) is 1.58. The van der Waals surface area contributed by atoms with Crippen LogP contribution in [0.25, 0.3) is 10.8 Å². The van der Waals surface area contributed by atoms with Gasteiger partial charge in [-0.15, -0.1) is 0 Å². The highest BCUT2D eigenvalue weighted by molar-refractivity contribution is 6.22. The molecule has 2 atom stereocenters. The fourth-order valence-electron chi connectivity index (χ4n) is 4.01. The van der Waals surface area contributed by atoms with Crippen LogP contribution in [-0.2, 0) is 0 Å². The van der Waals surface area contributed by atoms with Gasteiger partial charge in [-0.05, 0) is 12.8 Å². The number of benzene rings is 2. The summed E-state index contributed by atoms with van der Waals surface area (Å²) in [4.78, 5) is 25.6. The van der Waals surface area contributed by atoms with Crippen LogP contribution in [0.15, 0.2) is 24.3 Å². The maximum absolute atomic E-state index is 12.8. The van der Waals surface area contributed by atoms with E-state index in [4.69, 9.17) is 0 Å². The van der Waals surface area contributed by atoms with Gasteiger partial charge in [-0.2, -0.15) is 0 Å². The molecular weight excluding hydrogens is 280 g/mol. The van der Waals surface area contributed by atoms with Gasteiger partial charge in [0.05, 0.1) is 11.1 Å². The van der Waals surface area contributed by atoms with Crippen molar-refractivity contribution in [3.8, 4) is 11.5 Å².